The van der Waals surface area contributed by atoms with E-state index in [4.69, 9.17) is 4.74 Å². The highest BCUT2D eigenvalue weighted by Gasteiger charge is 2.04. The van der Waals surface area contributed by atoms with E-state index >= 15 is 0 Å². The lowest BCUT2D eigenvalue weighted by atomic mass is 10.4. The van der Waals surface area contributed by atoms with E-state index in [1.54, 1.807) is 18.4 Å². The number of ether oxygens (including phenoxy) is 1. The topological polar surface area (TPSA) is 52.0 Å². The summed E-state index contributed by atoms with van der Waals surface area (Å²) in [4.78, 5) is 8.66. The van der Waals surface area contributed by atoms with Crippen molar-refractivity contribution in [3.05, 3.63) is 34.3 Å². The maximum atomic E-state index is 5.00. The molecule has 0 atom stereocenters. The Morgan fingerprint density at radius 2 is 2.39 bits per heavy atom. The van der Waals surface area contributed by atoms with Crippen LogP contribution >= 0.6 is 11.3 Å². The highest BCUT2D eigenvalue weighted by Crippen LogP contribution is 2.10. The third-order valence-electron chi connectivity index (χ3n) is 2.59. The molecule has 5 nitrogen and oxygen atoms in total. The van der Waals surface area contributed by atoms with Gasteiger partial charge in [-0.25, -0.2) is 9.97 Å². The van der Waals surface area contributed by atoms with E-state index in [9.17, 15) is 0 Å². The van der Waals surface area contributed by atoms with Gasteiger partial charge in [-0.1, -0.05) is 0 Å². The van der Waals surface area contributed by atoms with Crippen molar-refractivity contribution in [1.82, 2.24) is 19.9 Å². The Morgan fingerprint density at radius 1 is 1.50 bits per heavy atom. The van der Waals surface area contributed by atoms with Gasteiger partial charge >= 0.3 is 0 Å². The molecule has 98 valence electrons. The molecule has 0 saturated heterocycles. The summed E-state index contributed by atoms with van der Waals surface area (Å²) in [5.41, 5.74) is 2.25. The first-order chi connectivity index (χ1) is 8.79. The van der Waals surface area contributed by atoms with E-state index in [2.05, 4.69) is 25.2 Å². The summed E-state index contributed by atoms with van der Waals surface area (Å²) < 4.78 is 7.12. The molecule has 6 heteroatoms. The first-order valence-corrected chi connectivity index (χ1v) is 6.77. The molecule has 0 amide bonds. The smallest absolute Gasteiger partial charge is 0.0952 e. The minimum Gasteiger partial charge on any atom is -0.383 e. The number of aryl methyl sites for hydroxylation is 1. The van der Waals surface area contributed by atoms with E-state index in [1.165, 1.54) is 0 Å². The molecule has 0 spiro atoms. The lowest BCUT2D eigenvalue weighted by Crippen LogP contribution is -2.20. The molecule has 0 aromatic carbocycles. The van der Waals surface area contributed by atoms with Crippen LogP contribution < -0.4 is 5.32 Å². The van der Waals surface area contributed by atoms with Gasteiger partial charge < -0.3 is 14.6 Å². The van der Waals surface area contributed by atoms with Gasteiger partial charge in [-0.05, 0) is 6.92 Å². The zero-order chi connectivity index (χ0) is 12.8. The first kappa shape index (κ1) is 13.2. The van der Waals surface area contributed by atoms with Crippen LogP contribution in [0.2, 0.25) is 0 Å². The van der Waals surface area contributed by atoms with Crippen LogP contribution in [-0.4, -0.2) is 34.8 Å². The first-order valence-electron chi connectivity index (χ1n) is 5.89. The Bertz CT molecular complexity index is 480. The van der Waals surface area contributed by atoms with E-state index in [-0.39, 0.29) is 0 Å². The van der Waals surface area contributed by atoms with Crippen LogP contribution in [0.25, 0.3) is 0 Å². The number of aromatic nitrogens is 3. The van der Waals surface area contributed by atoms with Crippen LogP contribution in [0.1, 0.15) is 16.4 Å². The largest absolute Gasteiger partial charge is 0.383 e. The number of nitrogens with zero attached hydrogens (tertiary/aromatic N) is 3. The van der Waals surface area contributed by atoms with E-state index < -0.39 is 0 Å². The van der Waals surface area contributed by atoms with E-state index in [1.807, 2.05) is 19.4 Å². The number of thiazole rings is 1. The number of hydrogen-bond donors (Lipinski definition) is 1. The fourth-order valence-corrected chi connectivity index (χ4v) is 2.29. The maximum Gasteiger partial charge on any atom is 0.0952 e. The van der Waals surface area contributed by atoms with Crippen LogP contribution in [0.3, 0.4) is 0 Å². The Labute approximate surface area is 111 Å². The fraction of sp³-hybridized carbons (Fsp3) is 0.500. The lowest BCUT2D eigenvalue weighted by molar-refractivity contribution is 0.199. The molecule has 0 fully saturated rings. The van der Waals surface area contributed by atoms with Gasteiger partial charge in [0.2, 0.25) is 0 Å². The highest BCUT2D eigenvalue weighted by molar-refractivity contribution is 7.09. The van der Waals surface area contributed by atoms with Crippen molar-refractivity contribution in [3.63, 3.8) is 0 Å². The Hall–Kier alpha value is -1.24. The van der Waals surface area contributed by atoms with Crippen molar-refractivity contribution in [3.8, 4) is 0 Å². The molecule has 18 heavy (non-hydrogen) atoms. The number of nitrogens with one attached hydrogen (secondary N) is 1. The van der Waals surface area contributed by atoms with Gasteiger partial charge in [0.25, 0.3) is 0 Å². The second kappa shape index (κ2) is 6.63. The lowest BCUT2D eigenvalue weighted by Gasteiger charge is -2.07. The normalized spacial score (nSPS) is 11.0. The van der Waals surface area contributed by atoms with Crippen molar-refractivity contribution >= 4 is 11.3 Å². The molecule has 1 N–H and O–H groups in total. The van der Waals surface area contributed by atoms with Crippen molar-refractivity contribution < 1.29 is 4.74 Å². The number of imidazole rings is 1. The van der Waals surface area contributed by atoms with Crippen LogP contribution in [0.5, 0.6) is 0 Å². The SMILES string of the molecule is COCCNCc1cncn1Cc1csc(C)n1. The zero-order valence-corrected chi connectivity index (χ0v) is 11.5. The molecule has 0 aliphatic carbocycles. The predicted molar refractivity (Wildman–Crippen MR) is 71.8 cm³/mol. The zero-order valence-electron chi connectivity index (χ0n) is 10.7. The van der Waals surface area contributed by atoms with Crippen LogP contribution in [0.15, 0.2) is 17.9 Å². The summed E-state index contributed by atoms with van der Waals surface area (Å²) in [7, 11) is 1.70. The standard InChI is InChI=1S/C12H18N4OS/c1-10-15-11(8-18-10)7-16-9-14-6-12(16)5-13-3-4-17-2/h6,8-9,13H,3-5,7H2,1-2H3. The molecule has 0 radical (unpaired) electrons. The van der Waals surface area contributed by atoms with Crippen LogP contribution in [0.4, 0.5) is 0 Å². The van der Waals surface area contributed by atoms with Crippen LogP contribution in [0, 0.1) is 6.92 Å². The van der Waals surface area contributed by atoms with Gasteiger partial charge in [-0.15, -0.1) is 11.3 Å². The quantitative estimate of drug-likeness (QED) is 0.770. The van der Waals surface area contributed by atoms with Gasteiger partial charge in [-0.2, -0.15) is 0 Å². The number of rotatable bonds is 7. The van der Waals surface area contributed by atoms with Gasteiger partial charge in [0, 0.05) is 31.8 Å². The van der Waals surface area contributed by atoms with E-state index in [0.717, 1.165) is 42.6 Å². The third-order valence-corrected chi connectivity index (χ3v) is 3.41. The van der Waals surface area contributed by atoms with Crippen molar-refractivity contribution in [2.45, 2.75) is 20.0 Å². The summed E-state index contributed by atoms with van der Waals surface area (Å²) >= 11 is 1.68. The average molecular weight is 266 g/mol. The molecule has 2 heterocycles. The van der Waals surface area contributed by atoms with E-state index in [0.29, 0.717) is 0 Å². The monoisotopic (exact) mass is 266 g/mol. The average Bonchev–Trinajstić information content (AvgIpc) is 2.95. The second-order valence-corrected chi connectivity index (χ2v) is 5.10. The second-order valence-electron chi connectivity index (χ2n) is 4.04. The molecule has 0 unspecified atom stereocenters. The molecule has 0 aliphatic rings. The molecule has 0 bridgehead atoms. The Morgan fingerprint density at radius 3 is 3.11 bits per heavy atom. The maximum absolute atomic E-state index is 5.00. The molecule has 0 saturated carbocycles. The summed E-state index contributed by atoms with van der Waals surface area (Å²) in [5.74, 6) is 0. The summed E-state index contributed by atoms with van der Waals surface area (Å²) in [6.07, 6.45) is 3.74. The van der Waals surface area contributed by atoms with Gasteiger partial charge in [0.1, 0.15) is 0 Å². The molecule has 2 aromatic heterocycles. The van der Waals surface area contributed by atoms with Gasteiger partial charge in [-0.3, -0.25) is 0 Å². The van der Waals surface area contributed by atoms with Crippen molar-refractivity contribution in [1.29, 1.82) is 0 Å². The Balaban J connectivity index is 1.91. The van der Waals surface area contributed by atoms with Crippen molar-refractivity contribution in [2.24, 2.45) is 0 Å². The van der Waals surface area contributed by atoms with Crippen molar-refractivity contribution in [2.75, 3.05) is 20.3 Å². The fourth-order valence-electron chi connectivity index (χ4n) is 1.68. The van der Waals surface area contributed by atoms with Gasteiger partial charge in [0.05, 0.1) is 35.9 Å². The molecule has 2 aromatic rings. The highest BCUT2D eigenvalue weighted by atomic mass is 32.1. The number of hydrogen-bond acceptors (Lipinski definition) is 5. The molecular weight excluding hydrogens is 248 g/mol. The summed E-state index contributed by atoms with van der Waals surface area (Å²) in [5, 5.41) is 6.51. The third kappa shape index (κ3) is 3.63. The summed E-state index contributed by atoms with van der Waals surface area (Å²) in [6.45, 7) is 5.17. The molecule has 2 rings (SSSR count). The van der Waals surface area contributed by atoms with Crippen LogP contribution in [-0.2, 0) is 17.8 Å². The van der Waals surface area contributed by atoms with Gasteiger partial charge in [0.15, 0.2) is 0 Å². The predicted octanol–water partition coefficient (Wildman–Crippen LogP) is 1.43. The summed E-state index contributed by atoms with van der Waals surface area (Å²) in [6, 6.07) is 0. The Kier molecular flexibility index (Phi) is 4.86. The minimum absolute atomic E-state index is 0.722. The molecule has 0 aliphatic heterocycles. The minimum atomic E-state index is 0.722. The molecular formula is C12H18N4OS. The number of methoxy groups -OCH3 is 1.